The van der Waals surface area contributed by atoms with E-state index in [0.29, 0.717) is 0 Å². The molecule has 1 aromatic carbocycles. The molecular weight excluding hydrogens is 424 g/mol. The summed E-state index contributed by atoms with van der Waals surface area (Å²) in [5.74, 6) is 0. The van der Waals surface area contributed by atoms with E-state index < -0.39 is 0 Å². The van der Waals surface area contributed by atoms with Gasteiger partial charge in [0.2, 0.25) is 0 Å². The fourth-order valence-electron chi connectivity index (χ4n) is 3.86. The predicted molar refractivity (Wildman–Crippen MR) is 123 cm³/mol. The maximum Gasteiger partial charge on any atom is 0.0737 e. The molecule has 4 nitrogen and oxygen atoms in total. The van der Waals surface area contributed by atoms with Crippen molar-refractivity contribution in [3.8, 4) is 0 Å². The van der Waals surface area contributed by atoms with Crippen molar-refractivity contribution in [1.29, 1.82) is 0 Å². The summed E-state index contributed by atoms with van der Waals surface area (Å²) in [4.78, 5) is 16.5. The van der Waals surface area contributed by atoms with Crippen molar-refractivity contribution in [2.24, 2.45) is 0 Å². The van der Waals surface area contributed by atoms with Gasteiger partial charge < -0.3 is 9.97 Å². The minimum atomic E-state index is 0. The summed E-state index contributed by atoms with van der Waals surface area (Å²) in [5.41, 5.74) is 10.0. The number of nitrogens with one attached hydrogen (secondary N) is 2. The fraction of sp³-hybridized carbons (Fsp3) is 0. The van der Waals surface area contributed by atoms with Crippen LogP contribution in [-0.4, -0.2) is 19.9 Å². The number of benzene rings is 1. The molecule has 2 N–H and O–H groups in total. The Morgan fingerprint density at radius 2 is 1.13 bits per heavy atom. The Bertz CT molecular complexity index is 1490. The molecule has 5 heteroatoms. The van der Waals surface area contributed by atoms with E-state index in [1.165, 1.54) is 0 Å². The summed E-state index contributed by atoms with van der Waals surface area (Å²) in [7, 11) is 0. The van der Waals surface area contributed by atoms with Crippen LogP contribution in [0.15, 0.2) is 78.9 Å². The molecule has 4 aromatic rings. The van der Waals surface area contributed by atoms with Gasteiger partial charge in [0.25, 0.3) is 0 Å². The topological polar surface area (TPSA) is 57.4 Å². The van der Waals surface area contributed by atoms with E-state index in [9.17, 15) is 0 Å². The predicted octanol–water partition coefficient (Wildman–Crippen LogP) is 6.07. The zero-order valence-corrected chi connectivity index (χ0v) is 17.6. The first-order chi connectivity index (χ1) is 14.8. The second-order valence-electron chi connectivity index (χ2n) is 7.46. The van der Waals surface area contributed by atoms with Gasteiger partial charge in [0.05, 0.1) is 22.8 Å². The van der Waals surface area contributed by atoms with E-state index >= 15 is 0 Å². The number of nitrogens with zero attached hydrogens (tertiary/aromatic N) is 2. The number of hydrogen-bond donors (Lipinski definition) is 2. The quantitative estimate of drug-likeness (QED) is 0.304. The average molecular weight is 442 g/mol. The summed E-state index contributed by atoms with van der Waals surface area (Å²) in [6, 6.07) is 26.9. The van der Waals surface area contributed by atoms with E-state index in [4.69, 9.17) is 9.97 Å². The molecule has 0 radical (unpaired) electrons. The molecule has 2 aliphatic heterocycles. The largest absolute Gasteiger partial charge is 0.355 e. The first kappa shape index (κ1) is 19.3. The van der Waals surface area contributed by atoms with Gasteiger partial charge in [0.15, 0.2) is 0 Å². The number of hydrogen-bond acceptors (Lipinski definition) is 2. The van der Waals surface area contributed by atoms with Crippen LogP contribution in [-0.2, 0) is 17.1 Å². The molecule has 2 aliphatic rings. The second kappa shape index (κ2) is 7.88. The SMILES string of the molecule is C1=Cc2cc3ccc(cc4ccc(cc5nc(cc1n2)C(c1ccccc1)=C5)[nH]4)[nH]3.[Fe]. The van der Waals surface area contributed by atoms with Crippen molar-refractivity contribution in [3.63, 3.8) is 0 Å². The van der Waals surface area contributed by atoms with Gasteiger partial charge in [-0.25, -0.2) is 9.97 Å². The van der Waals surface area contributed by atoms with E-state index in [1.54, 1.807) is 0 Å². The Morgan fingerprint density at radius 3 is 1.81 bits per heavy atom. The van der Waals surface area contributed by atoms with Crippen LogP contribution in [0.25, 0.3) is 45.9 Å². The van der Waals surface area contributed by atoms with Crippen molar-refractivity contribution in [2.45, 2.75) is 0 Å². The molecule has 6 rings (SSSR count). The Morgan fingerprint density at radius 1 is 0.548 bits per heavy atom. The van der Waals surface area contributed by atoms with Crippen LogP contribution in [0.3, 0.4) is 0 Å². The summed E-state index contributed by atoms with van der Waals surface area (Å²) in [6.45, 7) is 0. The molecule has 0 saturated carbocycles. The molecular formula is C26H18FeN4. The van der Waals surface area contributed by atoms with Gasteiger partial charge in [-0.05, 0) is 72.3 Å². The summed E-state index contributed by atoms with van der Waals surface area (Å²) in [6.07, 6.45) is 6.20. The van der Waals surface area contributed by atoms with Crippen LogP contribution in [0, 0.1) is 0 Å². The van der Waals surface area contributed by atoms with Crippen molar-refractivity contribution in [3.05, 3.63) is 107 Å². The monoisotopic (exact) mass is 442 g/mol. The molecule has 0 saturated heterocycles. The van der Waals surface area contributed by atoms with Crippen molar-refractivity contribution in [2.75, 3.05) is 0 Å². The molecule has 8 bridgehead atoms. The first-order valence-electron chi connectivity index (χ1n) is 9.92. The third-order valence-electron chi connectivity index (χ3n) is 5.25. The van der Waals surface area contributed by atoms with Gasteiger partial charge in [-0.1, -0.05) is 30.3 Å². The van der Waals surface area contributed by atoms with E-state index in [2.05, 4.69) is 88.8 Å². The number of fused-ring (bicyclic) bond motifs is 8. The van der Waals surface area contributed by atoms with E-state index in [-0.39, 0.29) is 17.1 Å². The molecule has 150 valence electrons. The summed E-state index contributed by atoms with van der Waals surface area (Å²) >= 11 is 0. The molecule has 5 heterocycles. The maximum absolute atomic E-state index is 4.90. The first-order valence-corrected chi connectivity index (χ1v) is 9.92. The van der Waals surface area contributed by atoms with Crippen molar-refractivity contribution in [1.82, 2.24) is 19.9 Å². The fourth-order valence-corrected chi connectivity index (χ4v) is 3.86. The molecule has 0 spiro atoms. The summed E-state index contributed by atoms with van der Waals surface area (Å²) < 4.78 is 0. The van der Waals surface area contributed by atoms with Crippen molar-refractivity contribution < 1.29 is 17.1 Å². The second-order valence-corrected chi connectivity index (χ2v) is 7.46. The van der Waals surface area contributed by atoms with Gasteiger partial charge in [-0.3, -0.25) is 0 Å². The molecule has 0 atom stereocenters. The molecule has 0 unspecified atom stereocenters. The Balaban J connectivity index is 0.00000204. The summed E-state index contributed by atoms with van der Waals surface area (Å²) in [5, 5.41) is 0. The maximum atomic E-state index is 4.90. The van der Waals surface area contributed by atoms with Crippen LogP contribution in [0.1, 0.15) is 28.3 Å². The van der Waals surface area contributed by atoms with Gasteiger partial charge in [-0.2, -0.15) is 0 Å². The molecule has 0 amide bonds. The molecule has 31 heavy (non-hydrogen) atoms. The smallest absolute Gasteiger partial charge is 0.0737 e. The molecule has 3 aromatic heterocycles. The normalized spacial score (nSPS) is 12.3. The van der Waals surface area contributed by atoms with E-state index in [0.717, 1.165) is 56.0 Å². The van der Waals surface area contributed by atoms with Crippen molar-refractivity contribution >= 4 is 45.9 Å². The standard InChI is InChI=1S/C26H18N4.Fe/c1-2-4-17(5-3-1)25-15-24-14-22-9-8-20(28-22)12-18-6-7-19(27-18)13-21-10-11-23(29-21)16-26(25)30-24;/h1-16,27-28H;. The van der Waals surface area contributed by atoms with Crippen LogP contribution in [0.5, 0.6) is 0 Å². The average Bonchev–Trinajstić information content (AvgIpc) is 3.53. The Hall–Kier alpha value is -3.66. The number of aromatic amines is 2. The number of aromatic nitrogens is 4. The third kappa shape index (κ3) is 3.89. The van der Waals surface area contributed by atoms with Crippen LogP contribution in [0.4, 0.5) is 0 Å². The van der Waals surface area contributed by atoms with Gasteiger partial charge in [0.1, 0.15) is 0 Å². The molecule has 0 fully saturated rings. The zero-order valence-electron chi connectivity index (χ0n) is 16.5. The number of H-pyrrole nitrogens is 2. The van der Waals surface area contributed by atoms with Crippen LogP contribution >= 0.6 is 0 Å². The van der Waals surface area contributed by atoms with Crippen LogP contribution in [0.2, 0.25) is 0 Å². The Kier molecular flexibility index (Phi) is 4.91. The van der Waals surface area contributed by atoms with Crippen LogP contribution < -0.4 is 0 Å². The molecule has 0 aliphatic carbocycles. The third-order valence-corrected chi connectivity index (χ3v) is 5.25. The minimum absolute atomic E-state index is 0. The Labute approximate surface area is 189 Å². The van der Waals surface area contributed by atoms with Gasteiger partial charge in [-0.15, -0.1) is 0 Å². The zero-order chi connectivity index (χ0) is 19.9. The minimum Gasteiger partial charge on any atom is -0.355 e. The van der Waals surface area contributed by atoms with Gasteiger partial charge in [0, 0.05) is 44.7 Å². The number of rotatable bonds is 1. The van der Waals surface area contributed by atoms with E-state index in [1.807, 2.05) is 18.2 Å². The van der Waals surface area contributed by atoms with Gasteiger partial charge >= 0.3 is 0 Å².